The zero-order chi connectivity index (χ0) is 13.0. The van der Waals surface area contributed by atoms with Crippen LogP contribution in [0.5, 0.6) is 0 Å². The van der Waals surface area contributed by atoms with Gasteiger partial charge in [-0.15, -0.1) is 0 Å². The van der Waals surface area contributed by atoms with E-state index in [1.807, 2.05) is 13.0 Å². The number of carboxylic acids is 1. The summed E-state index contributed by atoms with van der Waals surface area (Å²) in [7, 11) is 0. The molecule has 0 aliphatic rings. The molecule has 0 amide bonds. The van der Waals surface area contributed by atoms with Gasteiger partial charge in [0.25, 0.3) is 0 Å². The van der Waals surface area contributed by atoms with Crippen LogP contribution in [-0.2, 0) is 4.79 Å². The third-order valence-electron chi connectivity index (χ3n) is 2.82. The van der Waals surface area contributed by atoms with E-state index in [2.05, 4.69) is 11.4 Å². The zero-order valence-electron chi connectivity index (χ0n) is 10.2. The molecule has 0 heterocycles. The summed E-state index contributed by atoms with van der Waals surface area (Å²) in [6.45, 7) is 5.34. The Kier molecular flexibility index (Phi) is 4.11. The standard InChI is InChI=1S/C13H16N2O2/c1-8-4-5-12(11(6-8)7-14)15-10(3)9(2)13(16)17/h4-6,9-10,15H,1-3H3,(H,16,17). The second kappa shape index (κ2) is 5.35. The summed E-state index contributed by atoms with van der Waals surface area (Å²) >= 11 is 0. The normalized spacial score (nSPS) is 13.5. The first-order valence-electron chi connectivity index (χ1n) is 5.45. The van der Waals surface area contributed by atoms with E-state index in [4.69, 9.17) is 10.4 Å². The molecule has 0 saturated heterocycles. The molecule has 0 spiro atoms. The molecule has 90 valence electrons. The van der Waals surface area contributed by atoms with Crippen molar-refractivity contribution >= 4 is 11.7 Å². The van der Waals surface area contributed by atoms with Crippen LogP contribution in [0.15, 0.2) is 18.2 Å². The van der Waals surface area contributed by atoms with Crippen molar-refractivity contribution in [2.75, 3.05) is 5.32 Å². The summed E-state index contributed by atoms with van der Waals surface area (Å²) in [6.07, 6.45) is 0. The molecule has 0 aliphatic heterocycles. The smallest absolute Gasteiger partial charge is 0.308 e. The van der Waals surface area contributed by atoms with Gasteiger partial charge in [-0.2, -0.15) is 5.26 Å². The third kappa shape index (κ3) is 3.22. The number of aryl methyl sites for hydroxylation is 1. The monoisotopic (exact) mass is 232 g/mol. The lowest BCUT2D eigenvalue weighted by atomic mass is 10.0. The van der Waals surface area contributed by atoms with E-state index in [1.54, 1.807) is 26.0 Å². The van der Waals surface area contributed by atoms with E-state index in [0.717, 1.165) is 5.56 Å². The van der Waals surface area contributed by atoms with E-state index in [0.29, 0.717) is 11.3 Å². The van der Waals surface area contributed by atoms with E-state index < -0.39 is 11.9 Å². The molecule has 0 radical (unpaired) electrons. The molecular weight excluding hydrogens is 216 g/mol. The number of nitriles is 1. The van der Waals surface area contributed by atoms with Crippen molar-refractivity contribution in [1.82, 2.24) is 0 Å². The van der Waals surface area contributed by atoms with Crippen LogP contribution < -0.4 is 5.32 Å². The number of rotatable bonds is 4. The second-order valence-corrected chi connectivity index (χ2v) is 4.22. The van der Waals surface area contributed by atoms with Gasteiger partial charge in [-0.1, -0.05) is 6.07 Å². The van der Waals surface area contributed by atoms with Crippen molar-refractivity contribution in [2.24, 2.45) is 5.92 Å². The van der Waals surface area contributed by atoms with Crippen molar-refractivity contribution in [3.8, 4) is 6.07 Å². The lowest BCUT2D eigenvalue weighted by Gasteiger charge is -2.19. The lowest BCUT2D eigenvalue weighted by Crippen LogP contribution is -2.29. The van der Waals surface area contributed by atoms with Crippen LogP contribution in [0, 0.1) is 24.2 Å². The summed E-state index contributed by atoms with van der Waals surface area (Å²) < 4.78 is 0. The Morgan fingerprint density at radius 3 is 2.65 bits per heavy atom. The number of carbonyl (C=O) groups is 1. The zero-order valence-corrected chi connectivity index (χ0v) is 10.2. The third-order valence-corrected chi connectivity index (χ3v) is 2.82. The number of nitrogens with one attached hydrogen (secondary N) is 1. The first kappa shape index (κ1) is 13.0. The minimum absolute atomic E-state index is 0.234. The number of aliphatic carboxylic acids is 1. The van der Waals surface area contributed by atoms with Crippen LogP contribution in [-0.4, -0.2) is 17.1 Å². The molecule has 17 heavy (non-hydrogen) atoms. The van der Waals surface area contributed by atoms with Crippen molar-refractivity contribution in [3.05, 3.63) is 29.3 Å². The Bertz CT molecular complexity index is 463. The highest BCUT2D eigenvalue weighted by Crippen LogP contribution is 2.19. The molecule has 4 nitrogen and oxygen atoms in total. The Morgan fingerprint density at radius 1 is 1.47 bits per heavy atom. The molecule has 0 bridgehead atoms. The topological polar surface area (TPSA) is 73.1 Å². The Balaban J connectivity index is 2.89. The van der Waals surface area contributed by atoms with Gasteiger partial charge in [-0.3, -0.25) is 4.79 Å². The molecule has 1 aromatic carbocycles. The van der Waals surface area contributed by atoms with Crippen LogP contribution in [0.1, 0.15) is 25.0 Å². The van der Waals surface area contributed by atoms with Gasteiger partial charge in [-0.05, 0) is 38.5 Å². The number of carboxylic acid groups (broad SMARTS) is 1. The molecule has 0 fully saturated rings. The molecule has 2 N–H and O–H groups in total. The van der Waals surface area contributed by atoms with Crippen LogP contribution in [0.4, 0.5) is 5.69 Å². The second-order valence-electron chi connectivity index (χ2n) is 4.22. The van der Waals surface area contributed by atoms with Crippen molar-refractivity contribution < 1.29 is 9.90 Å². The average molecular weight is 232 g/mol. The molecule has 0 saturated carbocycles. The highest BCUT2D eigenvalue weighted by molar-refractivity contribution is 5.71. The van der Waals surface area contributed by atoms with Gasteiger partial charge in [0, 0.05) is 6.04 Å². The minimum Gasteiger partial charge on any atom is -0.481 e. The minimum atomic E-state index is -0.851. The quantitative estimate of drug-likeness (QED) is 0.836. The summed E-state index contributed by atoms with van der Waals surface area (Å²) in [4.78, 5) is 10.8. The van der Waals surface area contributed by atoms with Crippen molar-refractivity contribution in [2.45, 2.75) is 26.8 Å². The van der Waals surface area contributed by atoms with Crippen molar-refractivity contribution in [1.29, 1.82) is 5.26 Å². The fraction of sp³-hybridized carbons (Fsp3) is 0.385. The lowest BCUT2D eigenvalue weighted by molar-refractivity contribution is -0.141. The summed E-state index contributed by atoms with van der Waals surface area (Å²) in [5, 5.41) is 21.0. The van der Waals surface area contributed by atoms with Crippen LogP contribution in [0.3, 0.4) is 0 Å². The first-order chi connectivity index (χ1) is 7.95. The van der Waals surface area contributed by atoms with Gasteiger partial charge in [0.1, 0.15) is 6.07 Å². The Morgan fingerprint density at radius 2 is 2.12 bits per heavy atom. The fourth-order valence-electron chi connectivity index (χ4n) is 1.46. The molecule has 4 heteroatoms. The number of benzene rings is 1. The van der Waals surface area contributed by atoms with Gasteiger partial charge >= 0.3 is 5.97 Å². The summed E-state index contributed by atoms with van der Waals surface area (Å²) in [5.41, 5.74) is 2.22. The number of hydrogen-bond donors (Lipinski definition) is 2. The summed E-state index contributed by atoms with van der Waals surface area (Å²) in [6, 6.07) is 7.34. The molecule has 0 aliphatic carbocycles. The van der Waals surface area contributed by atoms with Gasteiger partial charge < -0.3 is 10.4 Å². The Hall–Kier alpha value is -2.02. The maximum absolute atomic E-state index is 10.8. The number of nitrogens with zero attached hydrogens (tertiary/aromatic N) is 1. The van der Waals surface area contributed by atoms with Crippen LogP contribution in [0.2, 0.25) is 0 Å². The molecule has 2 unspecified atom stereocenters. The van der Waals surface area contributed by atoms with E-state index in [9.17, 15) is 4.79 Å². The average Bonchev–Trinajstić information content (AvgIpc) is 2.30. The van der Waals surface area contributed by atoms with Crippen LogP contribution >= 0.6 is 0 Å². The predicted octanol–water partition coefficient (Wildman–Crippen LogP) is 2.39. The predicted molar refractivity (Wildman–Crippen MR) is 65.8 cm³/mol. The van der Waals surface area contributed by atoms with Gasteiger partial charge in [0.05, 0.1) is 17.2 Å². The first-order valence-corrected chi connectivity index (χ1v) is 5.45. The molecular formula is C13H16N2O2. The van der Waals surface area contributed by atoms with Gasteiger partial charge in [-0.25, -0.2) is 0 Å². The van der Waals surface area contributed by atoms with Crippen LogP contribution in [0.25, 0.3) is 0 Å². The Labute approximate surface area is 101 Å². The fourth-order valence-corrected chi connectivity index (χ4v) is 1.46. The molecule has 2 atom stereocenters. The summed E-state index contributed by atoms with van der Waals surface area (Å²) in [5.74, 6) is -1.36. The highest BCUT2D eigenvalue weighted by Gasteiger charge is 2.19. The van der Waals surface area contributed by atoms with Crippen molar-refractivity contribution in [3.63, 3.8) is 0 Å². The molecule has 1 aromatic rings. The number of hydrogen-bond acceptors (Lipinski definition) is 3. The maximum Gasteiger partial charge on any atom is 0.308 e. The van der Waals surface area contributed by atoms with Gasteiger partial charge in [0.15, 0.2) is 0 Å². The van der Waals surface area contributed by atoms with E-state index in [-0.39, 0.29) is 6.04 Å². The molecule has 0 aromatic heterocycles. The molecule has 1 rings (SSSR count). The van der Waals surface area contributed by atoms with E-state index in [1.165, 1.54) is 0 Å². The number of anilines is 1. The van der Waals surface area contributed by atoms with Gasteiger partial charge in [0.2, 0.25) is 0 Å². The van der Waals surface area contributed by atoms with E-state index >= 15 is 0 Å². The highest BCUT2D eigenvalue weighted by atomic mass is 16.4. The largest absolute Gasteiger partial charge is 0.481 e. The maximum atomic E-state index is 10.8. The SMILES string of the molecule is Cc1ccc(NC(C)C(C)C(=O)O)c(C#N)c1.